The molecule has 1 aliphatic rings. The van der Waals surface area contributed by atoms with E-state index < -0.39 is 0 Å². The zero-order chi connectivity index (χ0) is 24.1. The second-order valence-electron chi connectivity index (χ2n) is 8.21. The van der Waals surface area contributed by atoms with Crippen molar-refractivity contribution < 1.29 is 14.3 Å². The molecule has 0 spiro atoms. The fraction of sp³-hybridized carbons (Fsp3) is 0.320. The number of hydrogen-bond donors (Lipinski definition) is 1. The third-order valence-electron chi connectivity index (χ3n) is 5.90. The van der Waals surface area contributed by atoms with E-state index in [1.165, 1.54) is 0 Å². The fourth-order valence-corrected chi connectivity index (χ4v) is 4.17. The van der Waals surface area contributed by atoms with Gasteiger partial charge in [-0.05, 0) is 42.5 Å². The number of rotatable bonds is 7. The Balaban J connectivity index is 1.45. The maximum absolute atomic E-state index is 12.7. The van der Waals surface area contributed by atoms with Gasteiger partial charge in [0.1, 0.15) is 12.4 Å². The summed E-state index contributed by atoms with van der Waals surface area (Å²) < 4.78 is 7.93. The van der Waals surface area contributed by atoms with Crippen LogP contribution in [-0.2, 0) is 11.8 Å². The summed E-state index contributed by atoms with van der Waals surface area (Å²) in [5.74, 6) is 0.600. The van der Waals surface area contributed by atoms with Crippen LogP contribution >= 0.6 is 11.6 Å². The first-order valence-electron chi connectivity index (χ1n) is 11.2. The van der Waals surface area contributed by atoms with Gasteiger partial charge in [-0.25, -0.2) is 0 Å². The normalized spacial score (nSPS) is 14.1. The lowest BCUT2D eigenvalue weighted by Crippen LogP contribution is -2.48. The zero-order valence-corrected chi connectivity index (χ0v) is 20.1. The van der Waals surface area contributed by atoms with Crippen LogP contribution in [-0.4, -0.2) is 70.7 Å². The monoisotopic (exact) mass is 481 g/mol. The molecule has 0 bridgehead atoms. The van der Waals surface area contributed by atoms with E-state index in [0.717, 1.165) is 44.0 Å². The summed E-state index contributed by atoms with van der Waals surface area (Å²) in [5.41, 5.74) is 2.85. The van der Waals surface area contributed by atoms with Crippen LogP contribution in [0.15, 0.2) is 54.7 Å². The molecule has 178 valence electrons. The van der Waals surface area contributed by atoms with Crippen molar-refractivity contribution in [3.05, 3.63) is 65.3 Å². The van der Waals surface area contributed by atoms with Crippen molar-refractivity contribution in [2.24, 2.45) is 7.05 Å². The number of nitrogens with one attached hydrogen (secondary N) is 1. The molecular formula is C25H28ClN5O3. The van der Waals surface area contributed by atoms with Gasteiger partial charge in [-0.2, -0.15) is 5.10 Å². The largest absolute Gasteiger partial charge is 0.492 e. The van der Waals surface area contributed by atoms with E-state index in [9.17, 15) is 9.59 Å². The number of nitrogens with zero attached hydrogens (tertiary/aromatic N) is 4. The van der Waals surface area contributed by atoms with Gasteiger partial charge in [0.15, 0.2) is 0 Å². The molecule has 0 unspecified atom stereocenters. The second kappa shape index (κ2) is 10.7. The molecule has 2 aromatic carbocycles. The van der Waals surface area contributed by atoms with Crippen LogP contribution < -0.4 is 10.1 Å². The van der Waals surface area contributed by atoms with Crippen molar-refractivity contribution in [1.82, 2.24) is 19.6 Å². The molecule has 8 nitrogen and oxygen atoms in total. The first kappa shape index (κ1) is 23.8. The third-order valence-corrected chi connectivity index (χ3v) is 6.14. The lowest BCUT2D eigenvalue weighted by molar-refractivity contribution is -0.130. The van der Waals surface area contributed by atoms with Gasteiger partial charge in [0.05, 0.1) is 5.69 Å². The summed E-state index contributed by atoms with van der Waals surface area (Å²) in [5, 5.41) is 7.72. The van der Waals surface area contributed by atoms with E-state index in [4.69, 9.17) is 16.3 Å². The number of benzene rings is 2. The van der Waals surface area contributed by atoms with Crippen LogP contribution in [0.5, 0.6) is 5.75 Å². The zero-order valence-electron chi connectivity index (χ0n) is 19.3. The Hall–Kier alpha value is -3.36. The van der Waals surface area contributed by atoms with E-state index in [0.29, 0.717) is 28.6 Å². The van der Waals surface area contributed by atoms with Crippen molar-refractivity contribution >= 4 is 29.1 Å². The minimum atomic E-state index is -0.239. The molecule has 0 aliphatic carbocycles. The summed E-state index contributed by atoms with van der Waals surface area (Å²) in [6.45, 7) is 6.06. The quantitative estimate of drug-likeness (QED) is 0.558. The van der Waals surface area contributed by atoms with Crippen molar-refractivity contribution in [2.75, 3.05) is 44.6 Å². The number of hydrogen-bond acceptors (Lipinski definition) is 5. The van der Waals surface area contributed by atoms with Gasteiger partial charge in [0.25, 0.3) is 5.91 Å². The van der Waals surface area contributed by atoms with E-state index >= 15 is 0 Å². The summed E-state index contributed by atoms with van der Waals surface area (Å²) in [4.78, 5) is 28.4. The Morgan fingerprint density at radius 1 is 1.09 bits per heavy atom. The Bertz CT molecular complexity index is 1170. The molecule has 1 N–H and O–H groups in total. The topological polar surface area (TPSA) is 79.7 Å². The first-order chi connectivity index (χ1) is 16.4. The number of halogens is 1. The highest BCUT2D eigenvalue weighted by Crippen LogP contribution is 2.32. The van der Waals surface area contributed by atoms with Gasteiger partial charge in [-0.1, -0.05) is 17.7 Å². The molecule has 2 heterocycles. The Morgan fingerprint density at radius 2 is 1.88 bits per heavy atom. The Kier molecular flexibility index (Phi) is 7.49. The molecule has 1 saturated heterocycles. The SMILES string of the molecule is CC(=O)N1CCN(CCOc2ccc(NC(=O)c3cccc(Cl)c3)cc2-c2ccnn2C)CC1. The highest BCUT2D eigenvalue weighted by atomic mass is 35.5. The molecule has 0 radical (unpaired) electrons. The fourth-order valence-electron chi connectivity index (χ4n) is 3.98. The van der Waals surface area contributed by atoms with Gasteiger partial charge in [0, 0.05) is 74.7 Å². The van der Waals surface area contributed by atoms with Crippen LogP contribution in [0.3, 0.4) is 0 Å². The van der Waals surface area contributed by atoms with Crippen molar-refractivity contribution in [3.8, 4) is 17.0 Å². The molecule has 4 rings (SSSR count). The van der Waals surface area contributed by atoms with E-state index in [-0.39, 0.29) is 11.8 Å². The highest BCUT2D eigenvalue weighted by molar-refractivity contribution is 6.31. The maximum Gasteiger partial charge on any atom is 0.255 e. The lowest BCUT2D eigenvalue weighted by atomic mass is 10.1. The van der Waals surface area contributed by atoms with Crippen LogP contribution in [0.25, 0.3) is 11.3 Å². The molecule has 1 fully saturated rings. The number of carbonyl (C=O) groups excluding carboxylic acids is 2. The number of anilines is 1. The summed E-state index contributed by atoms with van der Waals surface area (Å²) in [7, 11) is 1.87. The maximum atomic E-state index is 12.7. The lowest BCUT2D eigenvalue weighted by Gasteiger charge is -2.34. The summed E-state index contributed by atoms with van der Waals surface area (Å²) in [6, 6.07) is 14.3. The number of carbonyl (C=O) groups is 2. The average Bonchev–Trinajstić information content (AvgIpc) is 3.25. The van der Waals surface area contributed by atoms with Crippen LogP contribution in [0, 0.1) is 0 Å². The number of amides is 2. The molecule has 0 saturated carbocycles. The molecule has 9 heteroatoms. The Labute approximate surface area is 204 Å². The minimum Gasteiger partial charge on any atom is -0.492 e. The average molecular weight is 482 g/mol. The van der Waals surface area contributed by atoms with Gasteiger partial charge in [0.2, 0.25) is 5.91 Å². The predicted molar refractivity (Wildman–Crippen MR) is 132 cm³/mol. The van der Waals surface area contributed by atoms with Crippen LogP contribution in [0.4, 0.5) is 5.69 Å². The smallest absolute Gasteiger partial charge is 0.255 e. The molecular weight excluding hydrogens is 454 g/mol. The predicted octanol–water partition coefficient (Wildman–Crippen LogP) is 3.54. The Morgan fingerprint density at radius 3 is 2.56 bits per heavy atom. The standard InChI is InChI=1S/C25H28ClN5O3/c1-18(32)31-12-10-30(11-13-31)14-15-34-24-7-6-21(17-22(24)23-8-9-27-29(23)2)28-25(33)19-4-3-5-20(26)16-19/h3-9,16-17H,10-15H2,1-2H3,(H,28,33). The number of ether oxygens (including phenoxy) is 1. The van der Waals surface area contributed by atoms with E-state index in [2.05, 4.69) is 15.3 Å². The molecule has 1 aliphatic heterocycles. The summed E-state index contributed by atoms with van der Waals surface area (Å²) in [6.07, 6.45) is 1.73. The molecule has 1 aromatic heterocycles. The van der Waals surface area contributed by atoms with Gasteiger partial charge in [-0.3, -0.25) is 19.2 Å². The molecule has 3 aromatic rings. The molecule has 34 heavy (non-hydrogen) atoms. The van der Waals surface area contributed by atoms with Crippen LogP contribution in [0.1, 0.15) is 17.3 Å². The summed E-state index contributed by atoms with van der Waals surface area (Å²) >= 11 is 6.02. The van der Waals surface area contributed by atoms with E-state index in [1.54, 1.807) is 42.1 Å². The van der Waals surface area contributed by atoms with Crippen molar-refractivity contribution in [3.63, 3.8) is 0 Å². The number of piperazine rings is 1. The van der Waals surface area contributed by atoms with Crippen molar-refractivity contribution in [1.29, 1.82) is 0 Å². The third kappa shape index (κ3) is 5.76. The number of aryl methyl sites for hydroxylation is 1. The van der Waals surface area contributed by atoms with Crippen molar-refractivity contribution in [2.45, 2.75) is 6.92 Å². The first-order valence-corrected chi connectivity index (χ1v) is 11.6. The van der Waals surface area contributed by atoms with Gasteiger partial charge in [-0.15, -0.1) is 0 Å². The highest BCUT2D eigenvalue weighted by Gasteiger charge is 2.19. The van der Waals surface area contributed by atoms with Gasteiger partial charge < -0.3 is 15.0 Å². The number of aromatic nitrogens is 2. The van der Waals surface area contributed by atoms with Crippen LogP contribution in [0.2, 0.25) is 5.02 Å². The van der Waals surface area contributed by atoms with E-state index in [1.807, 2.05) is 36.2 Å². The molecule has 0 atom stereocenters. The second-order valence-corrected chi connectivity index (χ2v) is 8.65. The van der Waals surface area contributed by atoms with Gasteiger partial charge >= 0.3 is 0 Å². The molecule has 2 amide bonds. The minimum absolute atomic E-state index is 0.124.